The first-order valence-corrected chi connectivity index (χ1v) is 6.98. The van der Waals surface area contributed by atoms with Gasteiger partial charge in [-0.05, 0) is 25.0 Å². The molecule has 1 aromatic carbocycles. The third-order valence-electron chi connectivity index (χ3n) is 2.92. The molecule has 2 rings (SSSR count). The number of hydrogen-bond acceptors (Lipinski definition) is 3. The van der Waals surface area contributed by atoms with E-state index >= 15 is 0 Å². The summed E-state index contributed by atoms with van der Waals surface area (Å²) in [6.45, 7) is 1.03. The molecule has 1 atom stereocenters. The summed E-state index contributed by atoms with van der Waals surface area (Å²) in [6.07, 6.45) is 1.86. The Morgan fingerprint density at radius 2 is 2.10 bits per heavy atom. The van der Waals surface area contributed by atoms with Crippen LogP contribution in [0, 0.1) is 0 Å². The highest BCUT2D eigenvalue weighted by Gasteiger charge is 2.20. The van der Waals surface area contributed by atoms with Gasteiger partial charge in [-0.2, -0.15) is 0 Å². The van der Waals surface area contributed by atoms with Gasteiger partial charge in [-0.3, -0.25) is 9.59 Å². The van der Waals surface area contributed by atoms with Crippen LogP contribution in [0.1, 0.15) is 12.8 Å². The van der Waals surface area contributed by atoms with Crippen LogP contribution in [0.2, 0.25) is 10.0 Å². The van der Waals surface area contributed by atoms with Crippen molar-refractivity contribution < 1.29 is 14.3 Å². The second-order valence-electron chi connectivity index (χ2n) is 4.40. The van der Waals surface area contributed by atoms with E-state index in [4.69, 9.17) is 27.9 Å². The van der Waals surface area contributed by atoms with E-state index in [9.17, 15) is 9.59 Å². The van der Waals surface area contributed by atoms with Crippen molar-refractivity contribution in [1.29, 1.82) is 0 Å². The molecular weight excluding hydrogens is 303 g/mol. The van der Waals surface area contributed by atoms with Crippen molar-refractivity contribution in [3.63, 3.8) is 0 Å². The molecule has 0 unspecified atom stereocenters. The number of carbonyl (C=O) groups excluding carboxylic acids is 2. The molecule has 0 bridgehead atoms. The van der Waals surface area contributed by atoms with E-state index in [-0.39, 0.29) is 11.1 Å². The zero-order chi connectivity index (χ0) is 14.5. The standard InChI is InChI=1S/C13H14Cl2N2O3/c14-9-4-1-5-10(11(9)15)17-13(19)12(18)16-7-8-3-2-6-20-8/h1,4-5,8H,2-3,6-7H2,(H,16,18)(H,17,19)/t8-/m0/s1. The number of hydrogen-bond donors (Lipinski definition) is 2. The van der Waals surface area contributed by atoms with Crippen LogP contribution in [0.5, 0.6) is 0 Å². The highest BCUT2D eigenvalue weighted by atomic mass is 35.5. The normalized spacial score (nSPS) is 17.8. The molecule has 1 aromatic rings. The summed E-state index contributed by atoms with van der Waals surface area (Å²) < 4.78 is 5.35. The van der Waals surface area contributed by atoms with E-state index in [0.29, 0.717) is 23.9 Å². The quantitative estimate of drug-likeness (QED) is 0.840. The maximum atomic E-state index is 11.7. The van der Waals surface area contributed by atoms with Crippen molar-refractivity contribution in [2.75, 3.05) is 18.5 Å². The molecule has 0 radical (unpaired) electrons. The summed E-state index contributed by atoms with van der Waals surface area (Å²) >= 11 is 11.7. The average molecular weight is 317 g/mol. The Labute approximate surface area is 126 Å². The Bertz CT molecular complexity index is 516. The number of halogens is 2. The molecule has 0 aromatic heterocycles. The predicted octanol–water partition coefficient (Wildman–Crippen LogP) is 2.23. The SMILES string of the molecule is O=C(NC[C@@H]1CCCO1)C(=O)Nc1cccc(Cl)c1Cl. The van der Waals surface area contributed by atoms with Crippen molar-refractivity contribution in [2.45, 2.75) is 18.9 Å². The topological polar surface area (TPSA) is 67.4 Å². The highest BCUT2D eigenvalue weighted by molar-refractivity contribution is 6.45. The Hall–Kier alpha value is -1.30. The Morgan fingerprint density at radius 3 is 2.80 bits per heavy atom. The molecule has 0 spiro atoms. The monoisotopic (exact) mass is 316 g/mol. The van der Waals surface area contributed by atoms with E-state index in [1.165, 1.54) is 0 Å². The number of benzene rings is 1. The third kappa shape index (κ3) is 3.85. The summed E-state index contributed by atoms with van der Waals surface area (Å²) in [4.78, 5) is 23.4. The van der Waals surface area contributed by atoms with Crippen LogP contribution < -0.4 is 10.6 Å². The number of amides is 2. The van der Waals surface area contributed by atoms with Crippen molar-refractivity contribution in [3.05, 3.63) is 28.2 Å². The lowest BCUT2D eigenvalue weighted by molar-refractivity contribution is -0.136. The molecule has 0 saturated carbocycles. The van der Waals surface area contributed by atoms with Crippen LogP contribution in [0.4, 0.5) is 5.69 Å². The molecule has 1 heterocycles. The van der Waals surface area contributed by atoms with Crippen LogP contribution in [-0.4, -0.2) is 31.1 Å². The summed E-state index contributed by atoms with van der Waals surface area (Å²) in [5.74, 6) is -1.51. The molecule has 2 amide bonds. The molecule has 0 aliphatic carbocycles. The molecule has 1 aliphatic rings. The van der Waals surface area contributed by atoms with Crippen LogP contribution >= 0.6 is 23.2 Å². The number of anilines is 1. The smallest absolute Gasteiger partial charge is 0.313 e. The number of carbonyl (C=O) groups is 2. The van der Waals surface area contributed by atoms with Gasteiger partial charge in [0.05, 0.1) is 21.8 Å². The van der Waals surface area contributed by atoms with Gasteiger partial charge in [0.15, 0.2) is 0 Å². The van der Waals surface area contributed by atoms with Crippen molar-refractivity contribution in [2.24, 2.45) is 0 Å². The van der Waals surface area contributed by atoms with E-state index in [2.05, 4.69) is 10.6 Å². The molecular formula is C13H14Cl2N2O3. The molecule has 7 heteroatoms. The van der Waals surface area contributed by atoms with Crippen molar-refractivity contribution in [1.82, 2.24) is 5.32 Å². The van der Waals surface area contributed by atoms with Crippen LogP contribution in [0.3, 0.4) is 0 Å². The van der Waals surface area contributed by atoms with Gasteiger partial charge in [0.1, 0.15) is 0 Å². The van der Waals surface area contributed by atoms with E-state index < -0.39 is 11.8 Å². The lowest BCUT2D eigenvalue weighted by Crippen LogP contribution is -2.39. The number of nitrogens with one attached hydrogen (secondary N) is 2. The first kappa shape index (κ1) is 15.1. The van der Waals surface area contributed by atoms with Gasteiger partial charge in [-0.1, -0.05) is 29.3 Å². The van der Waals surface area contributed by atoms with Crippen LogP contribution in [0.15, 0.2) is 18.2 Å². The van der Waals surface area contributed by atoms with Gasteiger partial charge in [0, 0.05) is 13.2 Å². The van der Waals surface area contributed by atoms with Gasteiger partial charge in [-0.25, -0.2) is 0 Å². The fourth-order valence-electron chi connectivity index (χ4n) is 1.87. The molecule has 5 nitrogen and oxygen atoms in total. The summed E-state index contributed by atoms with van der Waals surface area (Å²) in [6, 6.07) is 4.80. The molecule has 20 heavy (non-hydrogen) atoms. The summed E-state index contributed by atoms with van der Waals surface area (Å²) in [5, 5.41) is 5.46. The van der Waals surface area contributed by atoms with Gasteiger partial charge < -0.3 is 15.4 Å². The third-order valence-corrected chi connectivity index (χ3v) is 3.74. The number of ether oxygens (including phenoxy) is 1. The maximum absolute atomic E-state index is 11.7. The minimum absolute atomic E-state index is 0.0125. The zero-order valence-electron chi connectivity index (χ0n) is 10.6. The molecule has 1 fully saturated rings. The van der Waals surface area contributed by atoms with E-state index in [0.717, 1.165) is 12.8 Å². The van der Waals surface area contributed by atoms with Crippen LogP contribution in [-0.2, 0) is 14.3 Å². The first-order valence-electron chi connectivity index (χ1n) is 6.22. The van der Waals surface area contributed by atoms with Gasteiger partial charge in [-0.15, -0.1) is 0 Å². The Kier molecular flexibility index (Phi) is 5.23. The summed E-state index contributed by atoms with van der Waals surface area (Å²) in [5.41, 5.74) is 0.302. The van der Waals surface area contributed by atoms with Crippen LogP contribution in [0.25, 0.3) is 0 Å². The summed E-state index contributed by atoms with van der Waals surface area (Å²) in [7, 11) is 0. The Balaban J connectivity index is 1.87. The van der Waals surface area contributed by atoms with Gasteiger partial charge in [0.25, 0.3) is 0 Å². The van der Waals surface area contributed by atoms with Crippen molar-refractivity contribution >= 4 is 40.7 Å². The fourth-order valence-corrected chi connectivity index (χ4v) is 2.22. The fraction of sp³-hybridized carbons (Fsp3) is 0.385. The maximum Gasteiger partial charge on any atom is 0.313 e. The molecule has 1 aliphatic heterocycles. The van der Waals surface area contributed by atoms with E-state index in [1.807, 2.05) is 0 Å². The minimum atomic E-state index is -0.785. The Morgan fingerprint density at radius 1 is 1.30 bits per heavy atom. The van der Waals surface area contributed by atoms with Crippen molar-refractivity contribution in [3.8, 4) is 0 Å². The lowest BCUT2D eigenvalue weighted by atomic mass is 10.2. The average Bonchev–Trinajstić information content (AvgIpc) is 2.94. The van der Waals surface area contributed by atoms with Gasteiger partial charge >= 0.3 is 11.8 Å². The largest absolute Gasteiger partial charge is 0.376 e. The van der Waals surface area contributed by atoms with Gasteiger partial charge in [0.2, 0.25) is 0 Å². The predicted molar refractivity (Wildman–Crippen MR) is 77.1 cm³/mol. The molecule has 108 valence electrons. The van der Waals surface area contributed by atoms with E-state index in [1.54, 1.807) is 18.2 Å². The second kappa shape index (κ2) is 6.92. The highest BCUT2D eigenvalue weighted by Crippen LogP contribution is 2.29. The second-order valence-corrected chi connectivity index (χ2v) is 5.19. The lowest BCUT2D eigenvalue weighted by Gasteiger charge is -2.11. The minimum Gasteiger partial charge on any atom is -0.376 e. The first-order chi connectivity index (χ1) is 9.58. The number of rotatable bonds is 3. The molecule has 1 saturated heterocycles. The zero-order valence-corrected chi connectivity index (χ0v) is 12.1. The molecule has 2 N–H and O–H groups in total.